The lowest BCUT2D eigenvalue weighted by molar-refractivity contribution is -0.138. The molecule has 0 unspecified atom stereocenters. The predicted octanol–water partition coefficient (Wildman–Crippen LogP) is 1.67. The Balaban J connectivity index is 1.91. The normalized spacial score (nSPS) is 18.3. The number of ether oxygens (including phenoxy) is 1. The van der Waals surface area contributed by atoms with Crippen molar-refractivity contribution in [3.63, 3.8) is 0 Å². The summed E-state index contributed by atoms with van der Waals surface area (Å²) in [6.45, 7) is 1.12. The molecule has 12 heavy (non-hydrogen) atoms. The van der Waals surface area contributed by atoms with Gasteiger partial charge in [0.15, 0.2) is 0 Å². The molecule has 0 heterocycles. The number of rotatable bonds is 5. The molecule has 1 N–H and O–H groups in total. The Morgan fingerprint density at radius 2 is 2.08 bits per heavy atom. The SMILES string of the molecule is O=C(O)CCOCC1CCCC1. The van der Waals surface area contributed by atoms with Crippen LogP contribution in [0.5, 0.6) is 0 Å². The summed E-state index contributed by atoms with van der Waals surface area (Å²) in [5.74, 6) is -0.0831. The van der Waals surface area contributed by atoms with Gasteiger partial charge in [-0.3, -0.25) is 4.79 Å². The molecule has 3 nitrogen and oxygen atoms in total. The Kier molecular flexibility index (Phi) is 4.08. The molecule has 1 saturated carbocycles. The van der Waals surface area contributed by atoms with Crippen LogP contribution in [0.2, 0.25) is 0 Å². The molecule has 0 atom stereocenters. The van der Waals surface area contributed by atoms with Gasteiger partial charge in [-0.15, -0.1) is 0 Å². The summed E-state index contributed by atoms with van der Waals surface area (Å²) >= 11 is 0. The zero-order valence-electron chi connectivity index (χ0n) is 7.29. The third-order valence-electron chi connectivity index (χ3n) is 2.29. The third kappa shape index (κ3) is 3.72. The first-order valence-corrected chi connectivity index (χ1v) is 4.58. The highest BCUT2D eigenvalue weighted by Crippen LogP contribution is 2.24. The zero-order valence-corrected chi connectivity index (χ0v) is 7.29. The van der Waals surface area contributed by atoms with E-state index in [-0.39, 0.29) is 6.42 Å². The molecule has 0 bridgehead atoms. The van der Waals surface area contributed by atoms with Crippen LogP contribution in [-0.2, 0) is 9.53 Å². The maximum atomic E-state index is 10.1. The van der Waals surface area contributed by atoms with Gasteiger partial charge in [0.25, 0.3) is 0 Å². The van der Waals surface area contributed by atoms with Crippen LogP contribution in [0.1, 0.15) is 32.1 Å². The van der Waals surface area contributed by atoms with Gasteiger partial charge in [-0.25, -0.2) is 0 Å². The van der Waals surface area contributed by atoms with Crippen LogP contribution in [-0.4, -0.2) is 24.3 Å². The van der Waals surface area contributed by atoms with E-state index in [1.807, 2.05) is 0 Å². The second-order valence-corrected chi connectivity index (χ2v) is 3.37. The molecular formula is C9H16O3. The van der Waals surface area contributed by atoms with Crippen LogP contribution in [0.25, 0.3) is 0 Å². The number of hydrogen-bond acceptors (Lipinski definition) is 2. The van der Waals surface area contributed by atoms with E-state index < -0.39 is 5.97 Å². The van der Waals surface area contributed by atoms with Crippen molar-refractivity contribution in [1.82, 2.24) is 0 Å². The van der Waals surface area contributed by atoms with Crippen LogP contribution in [0.15, 0.2) is 0 Å². The Labute approximate surface area is 72.7 Å². The summed E-state index contributed by atoms with van der Waals surface area (Å²) < 4.78 is 5.25. The average Bonchev–Trinajstić information content (AvgIpc) is 2.49. The topological polar surface area (TPSA) is 46.5 Å². The molecule has 0 saturated heterocycles. The lowest BCUT2D eigenvalue weighted by atomic mass is 10.1. The lowest BCUT2D eigenvalue weighted by Crippen LogP contribution is -2.09. The molecule has 0 radical (unpaired) electrons. The molecule has 0 aliphatic heterocycles. The monoisotopic (exact) mass is 172 g/mol. The number of hydrogen-bond donors (Lipinski definition) is 1. The standard InChI is InChI=1S/C9H16O3/c10-9(11)5-6-12-7-8-3-1-2-4-8/h8H,1-7H2,(H,10,11). The van der Waals surface area contributed by atoms with Gasteiger partial charge in [0, 0.05) is 6.61 Å². The van der Waals surface area contributed by atoms with Crippen molar-refractivity contribution in [1.29, 1.82) is 0 Å². The van der Waals surface area contributed by atoms with Gasteiger partial charge in [-0.1, -0.05) is 12.8 Å². The van der Waals surface area contributed by atoms with Crippen LogP contribution < -0.4 is 0 Å². The number of carboxylic acids is 1. The van der Waals surface area contributed by atoms with Crippen LogP contribution in [0.4, 0.5) is 0 Å². The summed E-state index contributed by atoms with van der Waals surface area (Å²) in [7, 11) is 0. The van der Waals surface area contributed by atoms with E-state index >= 15 is 0 Å². The fourth-order valence-electron chi connectivity index (χ4n) is 1.59. The van der Waals surface area contributed by atoms with Crippen molar-refractivity contribution in [2.45, 2.75) is 32.1 Å². The minimum atomic E-state index is -0.776. The Hall–Kier alpha value is -0.570. The Morgan fingerprint density at radius 1 is 1.42 bits per heavy atom. The highest BCUT2D eigenvalue weighted by atomic mass is 16.5. The van der Waals surface area contributed by atoms with E-state index in [1.165, 1.54) is 25.7 Å². The summed E-state index contributed by atoms with van der Waals surface area (Å²) in [5.41, 5.74) is 0. The van der Waals surface area contributed by atoms with E-state index in [4.69, 9.17) is 9.84 Å². The molecule has 3 heteroatoms. The van der Waals surface area contributed by atoms with Gasteiger partial charge in [-0.05, 0) is 18.8 Å². The number of carbonyl (C=O) groups is 1. The fourth-order valence-corrected chi connectivity index (χ4v) is 1.59. The summed E-state index contributed by atoms with van der Waals surface area (Å²) in [5, 5.41) is 8.33. The van der Waals surface area contributed by atoms with Crippen LogP contribution >= 0.6 is 0 Å². The lowest BCUT2D eigenvalue weighted by Gasteiger charge is -2.08. The molecule has 1 aliphatic carbocycles. The van der Waals surface area contributed by atoms with E-state index in [0.29, 0.717) is 12.5 Å². The van der Waals surface area contributed by atoms with E-state index in [9.17, 15) is 4.79 Å². The molecule has 0 aromatic carbocycles. The quantitative estimate of drug-likeness (QED) is 0.641. The van der Waals surface area contributed by atoms with Crippen molar-refractivity contribution >= 4 is 5.97 Å². The molecule has 0 aromatic heterocycles. The maximum Gasteiger partial charge on any atom is 0.305 e. The van der Waals surface area contributed by atoms with E-state index in [0.717, 1.165) is 6.61 Å². The van der Waals surface area contributed by atoms with Gasteiger partial charge >= 0.3 is 5.97 Å². The number of carboxylic acid groups (broad SMARTS) is 1. The van der Waals surface area contributed by atoms with Crippen molar-refractivity contribution in [3.05, 3.63) is 0 Å². The highest BCUT2D eigenvalue weighted by molar-refractivity contribution is 5.66. The largest absolute Gasteiger partial charge is 0.481 e. The third-order valence-corrected chi connectivity index (χ3v) is 2.29. The number of aliphatic carboxylic acids is 1. The first-order valence-electron chi connectivity index (χ1n) is 4.58. The van der Waals surface area contributed by atoms with E-state index in [2.05, 4.69) is 0 Å². The predicted molar refractivity (Wildman–Crippen MR) is 45.0 cm³/mol. The van der Waals surface area contributed by atoms with Crippen LogP contribution in [0, 0.1) is 5.92 Å². The van der Waals surface area contributed by atoms with Gasteiger partial charge < -0.3 is 9.84 Å². The molecule has 0 spiro atoms. The van der Waals surface area contributed by atoms with Crippen molar-refractivity contribution in [2.75, 3.05) is 13.2 Å². The molecule has 0 amide bonds. The molecule has 0 aromatic rings. The molecule has 1 rings (SSSR count). The Bertz CT molecular complexity index is 139. The van der Waals surface area contributed by atoms with Gasteiger partial charge in [-0.2, -0.15) is 0 Å². The highest BCUT2D eigenvalue weighted by Gasteiger charge is 2.14. The van der Waals surface area contributed by atoms with Crippen LogP contribution in [0.3, 0.4) is 0 Å². The van der Waals surface area contributed by atoms with E-state index in [1.54, 1.807) is 0 Å². The van der Waals surface area contributed by atoms with Gasteiger partial charge in [0.05, 0.1) is 13.0 Å². The van der Waals surface area contributed by atoms with Gasteiger partial charge in [0.2, 0.25) is 0 Å². The molecule has 1 aliphatic rings. The second kappa shape index (κ2) is 5.14. The maximum absolute atomic E-state index is 10.1. The zero-order chi connectivity index (χ0) is 8.81. The fraction of sp³-hybridized carbons (Fsp3) is 0.889. The minimum Gasteiger partial charge on any atom is -0.481 e. The first kappa shape index (κ1) is 9.52. The molecule has 1 fully saturated rings. The van der Waals surface area contributed by atoms with Gasteiger partial charge in [0.1, 0.15) is 0 Å². The first-order chi connectivity index (χ1) is 5.79. The van der Waals surface area contributed by atoms with Crippen molar-refractivity contribution in [2.24, 2.45) is 5.92 Å². The molecular weight excluding hydrogens is 156 g/mol. The minimum absolute atomic E-state index is 0.132. The second-order valence-electron chi connectivity index (χ2n) is 3.37. The summed E-state index contributed by atoms with van der Waals surface area (Å²) in [4.78, 5) is 10.1. The molecule has 70 valence electrons. The average molecular weight is 172 g/mol. The summed E-state index contributed by atoms with van der Waals surface area (Å²) in [6.07, 6.45) is 5.27. The van der Waals surface area contributed by atoms with Crippen molar-refractivity contribution in [3.8, 4) is 0 Å². The smallest absolute Gasteiger partial charge is 0.305 e. The van der Waals surface area contributed by atoms with Crippen molar-refractivity contribution < 1.29 is 14.6 Å². The summed E-state index contributed by atoms with van der Waals surface area (Å²) in [6, 6.07) is 0. The Morgan fingerprint density at radius 3 is 2.67 bits per heavy atom.